The van der Waals surface area contributed by atoms with Crippen molar-refractivity contribution in [3.63, 3.8) is 0 Å². The topological polar surface area (TPSA) is 124 Å². The first-order valence-corrected chi connectivity index (χ1v) is 13.3. The molecule has 0 saturated heterocycles. The van der Waals surface area contributed by atoms with Crippen molar-refractivity contribution in [3.8, 4) is 0 Å². The lowest BCUT2D eigenvalue weighted by Gasteiger charge is -2.46. The van der Waals surface area contributed by atoms with Crippen molar-refractivity contribution in [1.29, 1.82) is 0 Å². The molecule has 4 unspecified atom stereocenters. The Kier molecular flexibility index (Phi) is 7.17. The van der Waals surface area contributed by atoms with E-state index < -0.39 is 68.1 Å². The monoisotopic (exact) mass is 547 g/mol. The van der Waals surface area contributed by atoms with Crippen LogP contribution in [0.2, 0.25) is 5.02 Å². The van der Waals surface area contributed by atoms with Gasteiger partial charge in [-0.1, -0.05) is 11.6 Å². The molecule has 1 amide bonds. The lowest BCUT2D eigenvalue weighted by molar-refractivity contribution is -0.172. The van der Waals surface area contributed by atoms with Gasteiger partial charge in [0.05, 0.1) is 26.9 Å². The van der Waals surface area contributed by atoms with E-state index in [0.29, 0.717) is 25.0 Å². The standard InChI is InChI=1S/C24H25ClF3NO6S/c1-11(30)22(31)24(33)13-3-4-14(24)8-16(7-13)36(34,35)20-6-12(2-5-17(20)25)23(32)29-15-9-18(26)21(28)19(27)10-15/h2,5-6,9-11,13-14,16,22,30-31,33H,3-4,7-8H2,1H3,(H,29,32)/t11?,13-,14+,16?,22?,24?. The lowest BCUT2D eigenvalue weighted by atomic mass is 9.70. The fourth-order valence-electron chi connectivity index (χ4n) is 5.54. The molecule has 4 N–H and O–H groups in total. The molecule has 36 heavy (non-hydrogen) atoms. The van der Waals surface area contributed by atoms with Gasteiger partial charge in [0.2, 0.25) is 0 Å². The number of anilines is 1. The zero-order valence-electron chi connectivity index (χ0n) is 19.1. The second-order valence-corrected chi connectivity index (χ2v) is 12.1. The summed E-state index contributed by atoms with van der Waals surface area (Å²) in [6, 6.07) is 4.67. The predicted octanol–water partition coefficient (Wildman–Crippen LogP) is 3.44. The largest absolute Gasteiger partial charge is 0.391 e. The quantitative estimate of drug-likeness (QED) is 0.411. The van der Waals surface area contributed by atoms with Crippen LogP contribution in [0, 0.1) is 29.3 Å². The van der Waals surface area contributed by atoms with Crippen molar-refractivity contribution in [3.05, 3.63) is 58.4 Å². The van der Waals surface area contributed by atoms with Gasteiger partial charge in [-0.25, -0.2) is 21.6 Å². The molecule has 0 aromatic heterocycles. The summed E-state index contributed by atoms with van der Waals surface area (Å²) in [6.45, 7) is 1.36. The number of carbonyl (C=O) groups excluding carboxylic acids is 1. The van der Waals surface area contributed by atoms with E-state index in [-0.39, 0.29) is 34.0 Å². The highest BCUT2D eigenvalue weighted by Gasteiger charge is 2.59. The average Bonchev–Trinajstić information content (AvgIpc) is 2.98. The molecule has 2 aromatic rings. The number of hydrogen-bond acceptors (Lipinski definition) is 6. The van der Waals surface area contributed by atoms with E-state index in [1.807, 2.05) is 0 Å². The van der Waals surface area contributed by atoms with Crippen molar-refractivity contribution < 1.29 is 41.7 Å². The minimum absolute atomic E-state index is 0.0278. The van der Waals surface area contributed by atoms with E-state index in [1.54, 1.807) is 0 Å². The Morgan fingerprint density at radius 3 is 2.17 bits per heavy atom. The van der Waals surface area contributed by atoms with Crippen molar-refractivity contribution in [1.82, 2.24) is 0 Å². The van der Waals surface area contributed by atoms with Crippen LogP contribution in [-0.4, -0.2) is 52.7 Å². The van der Waals surface area contributed by atoms with E-state index in [9.17, 15) is 41.7 Å². The molecule has 2 bridgehead atoms. The molecular weight excluding hydrogens is 523 g/mol. The Bertz CT molecular complexity index is 1270. The summed E-state index contributed by atoms with van der Waals surface area (Å²) in [5, 5.41) is 32.5. The maximum Gasteiger partial charge on any atom is 0.255 e. The number of benzene rings is 2. The summed E-state index contributed by atoms with van der Waals surface area (Å²) in [6.07, 6.45) is -1.59. The van der Waals surface area contributed by atoms with Gasteiger partial charge in [-0.15, -0.1) is 0 Å². The van der Waals surface area contributed by atoms with E-state index in [4.69, 9.17) is 11.6 Å². The molecule has 7 nitrogen and oxygen atoms in total. The van der Waals surface area contributed by atoms with Crippen LogP contribution in [0.3, 0.4) is 0 Å². The molecule has 0 radical (unpaired) electrons. The molecule has 0 heterocycles. The van der Waals surface area contributed by atoms with Crippen LogP contribution in [0.5, 0.6) is 0 Å². The molecular formula is C24H25ClF3NO6S. The number of amides is 1. The molecule has 6 atom stereocenters. The van der Waals surface area contributed by atoms with Gasteiger partial charge in [-0.2, -0.15) is 0 Å². The highest BCUT2D eigenvalue weighted by molar-refractivity contribution is 7.92. The number of aliphatic hydroxyl groups is 3. The number of halogens is 4. The summed E-state index contributed by atoms with van der Waals surface area (Å²) in [7, 11) is -4.10. The number of nitrogens with one attached hydrogen (secondary N) is 1. The number of fused-ring (bicyclic) bond motifs is 2. The van der Waals surface area contributed by atoms with E-state index in [0.717, 1.165) is 6.07 Å². The summed E-state index contributed by atoms with van der Waals surface area (Å²) in [5.74, 6) is -6.72. The average molecular weight is 548 g/mol. The third kappa shape index (κ3) is 4.51. The highest BCUT2D eigenvalue weighted by atomic mass is 35.5. The fraction of sp³-hybridized carbons (Fsp3) is 0.458. The maximum absolute atomic E-state index is 13.6. The van der Waals surface area contributed by atoms with Crippen molar-refractivity contribution >= 4 is 33.0 Å². The predicted molar refractivity (Wildman–Crippen MR) is 125 cm³/mol. The Morgan fingerprint density at radius 2 is 1.64 bits per heavy atom. The minimum Gasteiger partial charge on any atom is -0.391 e. The Morgan fingerprint density at radius 1 is 1.08 bits per heavy atom. The van der Waals surface area contributed by atoms with E-state index >= 15 is 0 Å². The highest BCUT2D eigenvalue weighted by Crippen LogP contribution is 2.54. The van der Waals surface area contributed by atoms with E-state index in [1.165, 1.54) is 19.1 Å². The number of carbonyl (C=O) groups is 1. The molecule has 0 aliphatic heterocycles. The van der Waals surface area contributed by atoms with Crippen LogP contribution in [0.4, 0.5) is 18.9 Å². The van der Waals surface area contributed by atoms with E-state index in [2.05, 4.69) is 5.32 Å². The van der Waals surface area contributed by atoms with Gasteiger partial charge >= 0.3 is 0 Å². The van der Waals surface area contributed by atoms with Crippen LogP contribution in [-0.2, 0) is 9.84 Å². The van der Waals surface area contributed by atoms with Crippen molar-refractivity contribution in [2.75, 3.05) is 5.32 Å². The molecule has 2 aliphatic carbocycles. The zero-order valence-corrected chi connectivity index (χ0v) is 20.7. The molecule has 0 spiro atoms. The second-order valence-electron chi connectivity index (χ2n) is 9.54. The first-order chi connectivity index (χ1) is 16.8. The Balaban J connectivity index is 1.59. The number of hydrogen-bond donors (Lipinski definition) is 4. The summed E-state index contributed by atoms with van der Waals surface area (Å²) in [4.78, 5) is 12.3. The molecule has 12 heteroatoms. The Labute approximate surface area is 210 Å². The Hall–Kier alpha value is -2.18. The maximum atomic E-state index is 13.6. The molecule has 196 valence electrons. The smallest absolute Gasteiger partial charge is 0.255 e. The van der Waals surface area contributed by atoms with Gasteiger partial charge in [-0.3, -0.25) is 4.79 Å². The zero-order chi connectivity index (χ0) is 26.6. The third-order valence-electron chi connectivity index (χ3n) is 7.38. The van der Waals surface area contributed by atoms with Gasteiger partial charge in [-0.05, 0) is 62.6 Å². The van der Waals surface area contributed by atoms with Crippen LogP contribution < -0.4 is 5.32 Å². The number of sulfone groups is 1. The summed E-state index contributed by atoms with van der Waals surface area (Å²) in [5.41, 5.74) is -2.13. The van der Waals surface area contributed by atoms with Crippen LogP contribution >= 0.6 is 11.6 Å². The SMILES string of the molecule is CC(O)C(O)C1(O)[C@@H]2CC[C@H]1CC(S(=O)(=O)c1cc(C(=O)Nc3cc(F)c(F)c(F)c3)ccc1Cl)C2. The van der Waals surface area contributed by atoms with Crippen LogP contribution in [0.25, 0.3) is 0 Å². The van der Waals surface area contributed by atoms with Crippen LogP contribution in [0.15, 0.2) is 35.2 Å². The lowest BCUT2D eigenvalue weighted by Crippen LogP contribution is -2.58. The molecule has 2 aromatic carbocycles. The first-order valence-electron chi connectivity index (χ1n) is 11.3. The van der Waals surface area contributed by atoms with Crippen molar-refractivity contribution in [2.24, 2.45) is 11.8 Å². The van der Waals surface area contributed by atoms with Gasteiger partial charge in [0.15, 0.2) is 27.3 Å². The summed E-state index contributed by atoms with van der Waals surface area (Å²) < 4.78 is 67.2. The van der Waals surface area contributed by atoms with Gasteiger partial charge in [0.25, 0.3) is 5.91 Å². The van der Waals surface area contributed by atoms with Crippen molar-refractivity contribution in [2.45, 2.75) is 60.6 Å². The minimum atomic E-state index is -4.10. The normalized spacial score (nSPS) is 27.5. The first kappa shape index (κ1) is 26.9. The third-order valence-corrected chi connectivity index (χ3v) is 10.0. The van der Waals surface area contributed by atoms with Gasteiger partial charge < -0.3 is 20.6 Å². The molecule has 2 aliphatic rings. The van der Waals surface area contributed by atoms with Gasteiger partial charge in [0.1, 0.15) is 6.10 Å². The fourth-order valence-corrected chi connectivity index (χ4v) is 7.94. The number of rotatable bonds is 6. The molecule has 2 saturated carbocycles. The second kappa shape index (κ2) is 9.60. The van der Waals surface area contributed by atoms with Crippen LogP contribution in [0.1, 0.15) is 43.0 Å². The molecule has 2 fully saturated rings. The summed E-state index contributed by atoms with van der Waals surface area (Å²) >= 11 is 6.19. The van der Waals surface area contributed by atoms with Gasteiger partial charge in [0, 0.05) is 23.4 Å². The molecule has 4 rings (SSSR count). The number of aliphatic hydroxyl groups excluding tert-OH is 2.